The molecule has 2 amide bonds. The van der Waals surface area contributed by atoms with Crippen LogP contribution in [0.4, 0.5) is 11.4 Å². The van der Waals surface area contributed by atoms with Crippen LogP contribution in [-0.4, -0.2) is 23.5 Å². The summed E-state index contributed by atoms with van der Waals surface area (Å²) in [6.07, 6.45) is 1.48. The number of carbonyl (C=O) groups is 2. The molecule has 0 radical (unpaired) electrons. The molecule has 0 spiro atoms. The van der Waals surface area contributed by atoms with Gasteiger partial charge in [-0.05, 0) is 19.1 Å². The van der Waals surface area contributed by atoms with Crippen molar-refractivity contribution in [2.24, 2.45) is 0 Å². The minimum Gasteiger partial charge on any atom is -0.351 e. The average Bonchev–Trinajstić information content (AvgIpc) is 2.83. The highest BCUT2D eigenvalue weighted by Gasteiger charge is 2.30. The molecule has 1 aromatic heterocycles. The fraction of sp³-hybridized carbons (Fsp3) is 0.154. The molecule has 1 aromatic carbocycles. The summed E-state index contributed by atoms with van der Waals surface area (Å²) < 4.78 is 4.96. The van der Waals surface area contributed by atoms with Crippen molar-refractivity contribution in [3.05, 3.63) is 41.8 Å². The summed E-state index contributed by atoms with van der Waals surface area (Å²) in [7, 11) is 0. The number of fused-ring (bicyclic) bond motifs is 1. The van der Waals surface area contributed by atoms with Crippen LogP contribution in [0.5, 0.6) is 0 Å². The fourth-order valence-corrected chi connectivity index (χ4v) is 2.03. The Kier molecular flexibility index (Phi) is 2.56. The van der Waals surface area contributed by atoms with Gasteiger partial charge in [0.25, 0.3) is 5.91 Å². The van der Waals surface area contributed by atoms with E-state index in [2.05, 4.69) is 10.5 Å². The lowest BCUT2D eigenvalue weighted by atomic mass is 10.1. The molecule has 1 aliphatic rings. The predicted octanol–water partition coefficient (Wildman–Crippen LogP) is 1.58. The number of nitrogens with zero attached hydrogens (tertiary/aromatic N) is 2. The third-order valence-corrected chi connectivity index (χ3v) is 2.96. The molecule has 2 heterocycles. The highest BCUT2D eigenvalue weighted by Crippen LogP contribution is 2.30. The molecule has 6 heteroatoms. The Bertz CT molecular complexity index is 663. The number of amides is 2. The molecule has 2 aromatic rings. The largest absolute Gasteiger partial charge is 0.351 e. The molecular formula is C13H11N3O3. The molecule has 96 valence electrons. The summed E-state index contributed by atoms with van der Waals surface area (Å²) in [5, 5.41) is 6.32. The molecule has 6 nitrogen and oxygen atoms in total. The van der Waals surface area contributed by atoms with Gasteiger partial charge in [0.15, 0.2) is 0 Å². The Balaban J connectivity index is 2.04. The number of nitrogens with one attached hydrogen (secondary N) is 1. The van der Waals surface area contributed by atoms with E-state index < -0.39 is 0 Å². The van der Waals surface area contributed by atoms with E-state index in [1.807, 2.05) is 6.07 Å². The van der Waals surface area contributed by atoms with E-state index in [0.717, 1.165) is 0 Å². The van der Waals surface area contributed by atoms with Crippen molar-refractivity contribution in [3.8, 4) is 0 Å². The lowest BCUT2D eigenvalue weighted by molar-refractivity contribution is -0.115. The minimum atomic E-state index is -0.364. The molecule has 0 saturated heterocycles. The van der Waals surface area contributed by atoms with E-state index in [9.17, 15) is 9.59 Å². The molecule has 3 rings (SSSR count). The topological polar surface area (TPSA) is 75.4 Å². The van der Waals surface area contributed by atoms with E-state index in [4.69, 9.17) is 4.52 Å². The molecule has 0 fully saturated rings. The van der Waals surface area contributed by atoms with Gasteiger partial charge in [0.1, 0.15) is 6.54 Å². The molecule has 0 saturated carbocycles. The van der Waals surface area contributed by atoms with E-state index in [0.29, 0.717) is 16.9 Å². The van der Waals surface area contributed by atoms with Crippen molar-refractivity contribution in [2.45, 2.75) is 6.92 Å². The zero-order chi connectivity index (χ0) is 13.4. The van der Waals surface area contributed by atoms with Crippen LogP contribution in [0.25, 0.3) is 0 Å². The smallest absolute Gasteiger partial charge is 0.297 e. The lowest BCUT2D eigenvalue weighted by Crippen LogP contribution is -2.42. The minimum absolute atomic E-state index is 0.0318. The van der Waals surface area contributed by atoms with Gasteiger partial charge in [0.2, 0.25) is 11.7 Å². The molecule has 0 aliphatic carbocycles. The van der Waals surface area contributed by atoms with Gasteiger partial charge in [0, 0.05) is 5.56 Å². The van der Waals surface area contributed by atoms with Crippen LogP contribution >= 0.6 is 0 Å². The monoisotopic (exact) mass is 257 g/mol. The second kappa shape index (κ2) is 4.24. The van der Waals surface area contributed by atoms with Gasteiger partial charge in [-0.25, -0.2) is 0 Å². The number of carbonyl (C=O) groups excluding carboxylic acids is 2. The van der Waals surface area contributed by atoms with Gasteiger partial charge in [-0.3, -0.25) is 14.5 Å². The standard InChI is InChI=1S/C13H11N3O3/c1-8-6-14-19-12(8)13(18)16-7-11(17)15-9-4-2-3-5-10(9)16/h2-6H,7H2,1H3,(H,15,17). The van der Waals surface area contributed by atoms with Gasteiger partial charge >= 0.3 is 0 Å². The van der Waals surface area contributed by atoms with Crippen molar-refractivity contribution in [1.82, 2.24) is 5.16 Å². The van der Waals surface area contributed by atoms with Crippen LogP contribution in [0.15, 0.2) is 35.0 Å². The Hall–Kier alpha value is -2.63. The van der Waals surface area contributed by atoms with Gasteiger partial charge < -0.3 is 9.84 Å². The van der Waals surface area contributed by atoms with E-state index in [-0.39, 0.29) is 24.1 Å². The SMILES string of the molecule is Cc1cnoc1C(=O)N1CC(=O)Nc2ccccc21. The van der Waals surface area contributed by atoms with Crippen molar-refractivity contribution in [2.75, 3.05) is 16.8 Å². The second-order valence-corrected chi connectivity index (χ2v) is 4.29. The van der Waals surface area contributed by atoms with E-state index in [1.165, 1.54) is 11.1 Å². The normalized spacial score (nSPS) is 13.9. The van der Waals surface area contributed by atoms with Crippen LogP contribution in [0.3, 0.4) is 0 Å². The Morgan fingerprint density at radius 2 is 2.21 bits per heavy atom. The number of aromatic nitrogens is 1. The average molecular weight is 257 g/mol. The van der Waals surface area contributed by atoms with Gasteiger partial charge in [0.05, 0.1) is 17.6 Å². The molecule has 1 N–H and O–H groups in total. The molecular weight excluding hydrogens is 246 g/mol. The summed E-state index contributed by atoms with van der Waals surface area (Å²) in [6.45, 7) is 1.70. The van der Waals surface area contributed by atoms with Crippen LogP contribution in [0.2, 0.25) is 0 Å². The molecule has 0 bridgehead atoms. The van der Waals surface area contributed by atoms with Gasteiger partial charge in [-0.2, -0.15) is 0 Å². The predicted molar refractivity (Wildman–Crippen MR) is 68.0 cm³/mol. The first kappa shape index (κ1) is 11.5. The Morgan fingerprint density at radius 1 is 1.42 bits per heavy atom. The van der Waals surface area contributed by atoms with Gasteiger partial charge in [-0.1, -0.05) is 17.3 Å². The van der Waals surface area contributed by atoms with Crippen molar-refractivity contribution in [3.63, 3.8) is 0 Å². The number of anilines is 2. The zero-order valence-electron chi connectivity index (χ0n) is 10.2. The maximum absolute atomic E-state index is 12.4. The van der Waals surface area contributed by atoms with E-state index >= 15 is 0 Å². The maximum Gasteiger partial charge on any atom is 0.297 e. The Morgan fingerprint density at radius 3 is 2.95 bits per heavy atom. The maximum atomic E-state index is 12.4. The molecule has 1 aliphatic heterocycles. The van der Waals surface area contributed by atoms with Crippen LogP contribution < -0.4 is 10.2 Å². The third kappa shape index (κ3) is 1.87. The van der Waals surface area contributed by atoms with Crippen LogP contribution in [-0.2, 0) is 4.79 Å². The number of hydrogen-bond donors (Lipinski definition) is 1. The van der Waals surface area contributed by atoms with Crippen molar-refractivity contribution in [1.29, 1.82) is 0 Å². The molecule has 19 heavy (non-hydrogen) atoms. The highest BCUT2D eigenvalue weighted by atomic mass is 16.5. The summed E-state index contributed by atoms with van der Waals surface area (Å²) >= 11 is 0. The first-order chi connectivity index (χ1) is 9.16. The van der Waals surface area contributed by atoms with Crippen LogP contribution in [0, 0.1) is 6.92 Å². The quantitative estimate of drug-likeness (QED) is 0.841. The molecule has 0 atom stereocenters. The number of rotatable bonds is 1. The Labute approximate surface area is 109 Å². The molecule has 0 unspecified atom stereocenters. The van der Waals surface area contributed by atoms with Gasteiger partial charge in [-0.15, -0.1) is 0 Å². The lowest BCUT2D eigenvalue weighted by Gasteiger charge is -2.28. The first-order valence-electron chi connectivity index (χ1n) is 5.79. The van der Waals surface area contributed by atoms with E-state index in [1.54, 1.807) is 25.1 Å². The van der Waals surface area contributed by atoms with Crippen LogP contribution in [0.1, 0.15) is 16.1 Å². The van der Waals surface area contributed by atoms with Crippen molar-refractivity contribution >= 4 is 23.2 Å². The fourth-order valence-electron chi connectivity index (χ4n) is 2.03. The second-order valence-electron chi connectivity index (χ2n) is 4.29. The van der Waals surface area contributed by atoms with Crippen molar-refractivity contribution < 1.29 is 14.1 Å². The summed E-state index contributed by atoms with van der Waals surface area (Å²) in [4.78, 5) is 25.4. The number of hydrogen-bond acceptors (Lipinski definition) is 4. The summed E-state index contributed by atoms with van der Waals surface area (Å²) in [5.41, 5.74) is 1.92. The summed E-state index contributed by atoms with van der Waals surface area (Å²) in [6, 6.07) is 7.13. The number of aryl methyl sites for hydroxylation is 1. The number of para-hydroxylation sites is 2. The number of benzene rings is 1. The highest BCUT2D eigenvalue weighted by molar-refractivity contribution is 6.14. The zero-order valence-corrected chi connectivity index (χ0v) is 10.2. The first-order valence-corrected chi connectivity index (χ1v) is 5.79. The summed E-state index contributed by atoms with van der Waals surface area (Å²) in [5.74, 6) is -0.439. The third-order valence-electron chi connectivity index (χ3n) is 2.96.